The molecule has 9 nitrogen and oxygen atoms in total. The van der Waals surface area contributed by atoms with Crippen LogP contribution in [0.4, 0.5) is 0 Å². The van der Waals surface area contributed by atoms with E-state index >= 15 is 0 Å². The second-order valence-electron chi connectivity index (χ2n) is 12.1. The third-order valence-electron chi connectivity index (χ3n) is 9.14. The summed E-state index contributed by atoms with van der Waals surface area (Å²) in [6.07, 6.45) is 15.3. The third kappa shape index (κ3) is 5.65. The Labute approximate surface area is 247 Å². The smallest absolute Gasteiger partial charge is 0.341 e. The maximum Gasteiger partial charge on any atom is 0.341 e. The first-order valence-electron chi connectivity index (χ1n) is 15.7. The van der Waals surface area contributed by atoms with E-state index in [-0.39, 0.29) is 23.7 Å². The van der Waals surface area contributed by atoms with Gasteiger partial charge < -0.3 is 9.64 Å². The molecule has 1 amide bonds. The zero-order valence-corrected chi connectivity index (χ0v) is 25.0. The first-order chi connectivity index (χ1) is 20.5. The zero-order chi connectivity index (χ0) is 29.2. The van der Waals surface area contributed by atoms with Gasteiger partial charge in [0.25, 0.3) is 0 Å². The molecule has 1 aromatic carbocycles. The summed E-state index contributed by atoms with van der Waals surface area (Å²) in [5.41, 5.74) is 5.51. The first kappa shape index (κ1) is 28.4. The Hall–Kier alpha value is -3.75. The highest BCUT2D eigenvalue weighted by Crippen LogP contribution is 2.55. The molecule has 0 spiro atoms. The molecule has 1 aliphatic heterocycles. The van der Waals surface area contributed by atoms with Gasteiger partial charge in [-0.1, -0.05) is 43.2 Å². The number of allylic oxidation sites excluding steroid dienone is 1. The number of hydrogen-bond donors (Lipinski definition) is 0. The number of hydrogen-bond acceptors (Lipinski definition) is 6. The molecule has 1 saturated carbocycles. The van der Waals surface area contributed by atoms with E-state index in [9.17, 15) is 9.59 Å². The van der Waals surface area contributed by atoms with Crippen molar-refractivity contribution in [1.82, 2.24) is 29.7 Å². The SMILES string of the molecule is CCCCC1CCCN1C(=O)C1C=C(c2cccc(-n3ncc(C(=O)OCC)c3C3CC3c3cn(C)nn3)c2)CCC1. The predicted molar refractivity (Wildman–Crippen MR) is 160 cm³/mol. The molecule has 1 saturated heterocycles. The Balaban J connectivity index is 1.28. The van der Waals surface area contributed by atoms with Gasteiger partial charge in [0, 0.05) is 37.7 Å². The molecule has 6 rings (SSSR count). The van der Waals surface area contributed by atoms with Crippen molar-refractivity contribution >= 4 is 17.4 Å². The summed E-state index contributed by atoms with van der Waals surface area (Å²) in [5.74, 6) is 0.179. The summed E-state index contributed by atoms with van der Waals surface area (Å²) in [7, 11) is 1.86. The Kier molecular flexibility index (Phi) is 8.27. The fourth-order valence-corrected chi connectivity index (χ4v) is 6.92. The fraction of sp³-hybridized carbons (Fsp3) is 0.545. The molecule has 222 valence electrons. The highest BCUT2D eigenvalue weighted by Gasteiger charge is 2.46. The van der Waals surface area contributed by atoms with Gasteiger partial charge in [0.1, 0.15) is 5.56 Å². The lowest BCUT2D eigenvalue weighted by Crippen LogP contribution is -2.39. The van der Waals surface area contributed by atoms with Crippen LogP contribution in [0.15, 0.2) is 42.7 Å². The quantitative estimate of drug-likeness (QED) is 0.285. The summed E-state index contributed by atoms with van der Waals surface area (Å²) < 4.78 is 9.00. The van der Waals surface area contributed by atoms with Crippen LogP contribution in [0.25, 0.3) is 11.3 Å². The van der Waals surface area contributed by atoms with Crippen LogP contribution < -0.4 is 0 Å². The maximum atomic E-state index is 13.6. The number of likely N-dealkylation sites (tertiary alicyclic amines) is 1. The molecule has 0 bridgehead atoms. The number of rotatable bonds is 10. The number of aryl methyl sites for hydroxylation is 1. The molecular weight excluding hydrogens is 528 g/mol. The molecule has 42 heavy (non-hydrogen) atoms. The third-order valence-corrected chi connectivity index (χ3v) is 9.14. The first-order valence-corrected chi connectivity index (χ1v) is 15.7. The largest absolute Gasteiger partial charge is 0.462 e. The van der Waals surface area contributed by atoms with E-state index in [1.165, 1.54) is 18.4 Å². The summed E-state index contributed by atoms with van der Waals surface area (Å²) in [4.78, 5) is 28.8. The average molecular weight is 571 g/mol. The molecule has 3 aliphatic rings. The van der Waals surface area contributed by atoms with Crippen molar-refractivity contribution in [2.45, 2.75) is 89.5 Å². The van der Waals surface area contributed by atoms with Gasteiger partial charge in [0.2, 0.25) is 5.91 Å². The molecule has 0 radical (unpaired) electrons. The van der Waals surface area contributed by atoms with Gasteiger partial charge in [-0.15, -0.1) is 5.10 Å². The number of amides is 1. The van der Waals surface area contributed by atoms with Gasteiger partial charge in [-0.2, -0.15) is 5.10 Å². The normalized spacial score (nSPS) is 23.6. The van der Waals surface area contributed by atoms with Gasteiger partial charge in [0.15, 0.2) is 0 Å². The minimum atomic E-state index is -0.352. The molecule has 4 atom stereocenters. The Bertz CT molecular complexity index is 1470. The van der Waals surface area contributed by atoms with Crippen LogP contribution in [0.1, 0.15) is 111 Å². The zero-order valence-electron chi connectivity index (χ0n) is 25.0. The van der Waals surface area contributed by atoms with Crippen LogP contribution in [0.3, 0.4) is 0 Å². The minimum Gasteiger partial charge on any atom is -0.462 e. The highest BCUT2D eigenvalue weighted by atomic mass is 16.5. The van der Waals surface area contributed by atoms with E-state index in [2.05, 4.69) is 40.3 Å². The van der Waals surface area contributed by atoms with Crippen LogP contribution in [-0.4, -0.2) is 60.7 Å². The van der Waals surface area contributed by atoms with Crippen molar-refractivity contribution in [3.63, 3.8) is 0 Å². The molecule has 9 heteroatoms. The molecule has 4 unspecified atom stereocenters. The van der Waals surface area contributed by atoms with E-state index in [0.29, 0.717) is 24.1 Å². The molecule has 0 N–H and O–H groups in total. The average Bonchev–Trinajstić information content (AvgIpc) is 3.33. The number of nitrogens with zero attached hydrogens (tertiary/aromatic N) is 6. The lowest BCUT2D eigenvalue weighted by molar-refractivity contribution is -0.135. The van der Waals surface area contributed by atoms with Crippen LogP contribution in [0.2, 0.25) is 0 Å². The standard InChI is InChI=1S/C33H42N6O3/c1-4-6-13-25-15-9-16-38(25)32(40)24-12-7-10-22(17-24)23-11-8-14-26(18-23)39-31(29(20-34-39)33(41)42-5-2)28-19-27(28)30-21-37(3)36-35-30/h8,11,14,17-18,20-21,24-25,27-28H,4-7,9-10,12-13,15-16,19H2,1-3H3. The summed E-state index contributed by atoms with van der Waals surface area (Å²) in [6, 6.07) is 8.74. The summed E-state index contributed by atoms with van der Waals surface area (Å²) >= 11 is 0. The number of benzene rings is 1. The second kappa shape index (κ2) is 12.2. The van der Waals surface area contributed by atoms with Crippen LogP contribution in [0.5, 0.6) is 0 Å². The van der Waals surface area contributed by atoms with Crippen molar-refractivity contribution in [1.29, 1.82) is 0 Å². The van der Waals surface area contributed by atoms with Crippen molar-refractivity contribution in [2.24, 2.45) is 13.0 Å². The van der Waals surface area contributed by atoms with Crippen molar-refractivity contribution in [3.8, 4) is 5.69 Å². The molecule has 2 aromatic heterocycles. The predicted octanol–water partition coefficient (Wildman–Crippen LogP) is 5.81. The van der Waals surface area contributed by atoms with E-state index in [0.717, 1.165) is 74.1 Å². The Morgan fingerprint density at radius 2 is 2.00 bits per heavy atom. The topological polar surface area (TPSA) is 95.1 Å². The summed E-state index contributed by atoms with van der Waals surface area (Å²) in [6.45, 7) is 5.23. The van der Waals surface area contributed by atoms with Crippen LogP contribution >= 0.6 is 0 Å². The number of carbonyl (C=O) groups is 2. The molecule has 3 heterocycles. The lowest BCUT2D eigenvalue weighted by atomic mass is 9.86. The summed E-state index contributed by atoms with van der Waals surface area (Å²) in [5, 5.41) is 13.1. The lowest BCUT2D eigenvalue weighted by Gasteiger charge is -2.30. The van der Waals surface area contributed by atoms with E-state index in [4.69, 9.17) is 9.84 Å². The highest BCUT2D eigenvalue weighted by molar-refractivity contribution is 5.91. The molecule has 2 fully saturated rings. The van der Waals surface area contributed by atoms with Gasteiger partial charge >= 0.3 is 5.97 Å². The number of ether oxygens (including phenoxy) is 1. The Morgan fingerprint density at radius 1 is 1.12 bits per heavy atom. The van der Waals surface area contributed by atoms with Crippen molar-refractivity contribution in [3.05, 3.63) is 65.2 Å². The minimum absolute atomic E-state index is 0.0606. The Morgan fingerprint density at radius 3 is 2.79 bits per heavy atom. The number of carbonyl (C=O) groups excluding carboxylic acids is 2. The van der Waals surface area contributed by atoms with E-state index in [1.807, 2.05) is 37.0 Å². The molecule has 2 aliphatic carbocycles. The second-order valence-corrected chi connectivity index (χ2v) is 12.1. The maximum absolute atomic E-state index is 13.6. The van der Waals surface area contributed by atoms with Gasteiger partial charge in [-0.05, 0) is 75.1 Å². The molecular formula is C33H42N6O3. The van der Waals surface area contributed by atoms with Gasteiger partial charge in [-0.3, -0.25) is 9.48 Å². The van der Waals surface area contributed by atoms with Crippen LogP contribution in [-0.2, 0) is 16.6 Å². The number of esters is 1. The van der Waals surface area contributed by atoms with E-state index < -0.39 is 0 Å². The van der Waals surface area contributed by atoms with E-state index in [1.54, 1.807) is 10.9 Å². The van der Waals surface area contributed by atoms with Gasteiger partial charge in [0.05, 0.1) is 35.8 Å². The monoisotopic (exact) mass is 570 g/mol. The fourth-order valence-electron chi connectivity index (χ4n) is 6.92. The van der Waals surface area contributed by atoms with Crippen LogP contribution in [0, 0.1) is 5.92 Å². The molecule has 3 aromatic rings. The van der Waals surface area contributed by atoms with Crippen molar-refractivity contribution in [2.75, 3.05) is 13.2 Å². The van der Waals surface area contributed by atoms with Crippen molar-refractivity contribution < 1.29 is 14.3 Å². The van der Waals surface area contributed by atoms with Gasteiger partial charge in [-0.25, -0.2) is 9.48 Å². The number of unbranched alkanes of at least 4 members (excludes halogenated alkanes) is 1. The number of aromatic nitrogens is 5.